The number of halogens is 2. The van der Waals surface area contributed by atoms with Gasteiger partial charge in [0.2, 0.25) is 11.8 Å². The number of likely N-dealkylation sites (tertiary alicyclic amines) is 1. The van der Waals surface area contributed by atoms with E-state index in [0.717, 1.165) is 37.0 Å². The number of aromatic nitrogens is 1. The zero-order chi connectivity index (χ0) is 31.0. The van der Waals surface area contributed by atoms with Gasteiger partial charge in [0.05, 0.1) is 19.6 Å². The zero-order valence-corrected chi connectivity index (χ0v) is 27.5. The number of hydrogen-bond acceptors (Lipinski definition) is 5. The first-order valence-electron chi connectivity index (χ1n) is 14.4. The van der Waals surface area contributed by atoms with Crippen molar-refractivity contribution >= 4 is 68.1 Å². The van der Waals surface area contributed by atoms with Crippen LogP contribution in [-0.2, 0) is 20.9 Å². The summed E-state index contributed by atoms with van der Waals surface area (Å²) < 4.78 is 4.69. The highest BCUT2D eigenvalue weighted by Crippen LogP contribution is 2.55. The Bertz CT molecular complexity index is 1710. The highest BCUT2D eigenvalue weighted by Gasteiger charge is 2.59. The number of nitrogens with one attached hydrogen (secondary N) is 1. The minimum Gasteiger partial charge on any atom is -0.453 e. The molecule has 0 saturated carbocycles. The molecule has 0 aliphatic carbocycles. The number of nitrogens with zero attached hydrogens (tertiary/aromatic N) is 3. The molecule has 3 amide bonds. The average Bonchev–Trinajstić information content (AvgIpc) is 3.55. The number of fused-ring (bicyclic) bond motifs is 1. The molecule has 3 heterocycles. The normalized spacial score (nSPS) is 20.4. The molecule has 2 atom stereocenters. The van der Waals surface area contributed by atoms with Crippen LogP contribution < -0.4 is 0 Å². The molecule has 2 saturated heterocycles. The number of hydrogen-bond donors (Lipinski definition) is 1. The van der Waals surface area contributed by atoms with Crippen molar-refractivity contribution < 1.29 is 19.1 Å². The highest BCUT2D eigenvalue weighted by molar-refractivity contribution is 9.10. The third-order valence-electron chi connectivity index (χ3n) is 8.41. The summed E-state index contributed by atoms with van der Waals surface area (Å²) in [6.45, 7) is 3.78. The second kappa shape index (κ2) is 12.5. The third-order valence-corrected chi connectivity index (χ3v) is 10.6. The number of aryl methyl sites for hydroxylation is 1. The molecular formula is C33H32BrClN4O4S. The molecule has 0 spiro atoms. The van der Waals surface area contributed by atoms with Crippen LogP contribution in [0.4, 0.5) is 4.79 Å². The molecule has 2 fully saturated rings. The summed E-state index contributed by atoms with van der Waals surface area (Å²) in [5.74, 6) is -0.213. The van der Waals surface area contributed by atoms with Gasteiger partial charge in [0.25, 0.3) is 0 Å². The minimum absolute atomic E-state index is 0.0308. The lowest BCUT2D eigenvalue weighted by Gasteiger charge is -2.42. The van der Waals surface area contributed by atoms with Crippen LogP contribution in [0, 0.1) is 6.92 Å². The van der Waals surface area contributed by atoms with Gasteiger partial charge in [0, 0.05) is 69.8 Å². The monoisotopic (exact) mass is 694 g/mol. The van der Waals surface area contributed by atoms with Crippen molar-refractivity contribution in [1.82, 2.24) is 19.7 Å². The average molecular weight is 696 g/mol. The van der Waals surface area contributed by atoms with Crippen LogP contribution in [0.2, 0.25) is 5.02 Å². The third kappa shape index (κ3) is 5.82. The Hall–Kier alpha value is -3.47. The second-order valence-electron chi connectivity index (χ2n) is 11.2. The van der Waals surface area contributed by atoms with Gasteiger partial charge in [-0.15, -0.1) is 11.8 Å². The van der Waals surface area contributed by atoms with Crippen molar-refractivity contribution in [3.63, 3.8) is 0 Å². The Balaban J connectivity index is 1.48. The van der Waals surface area contributed by atoms with E-state index in [4.69, 9.17) is 16.3 Å². The molecule has 1 aromatic heterocycles. The molecule has 3 aromatic carbocycles. The maximum Gasteiger partial charge on any atom is 0.409 e. The fourth-order valence-corrected chi connectivity index (χ4v) is 8.09. The van der Waals surface area contributed by atoms with Gasteiger partial charge < -0.3 is 24.4 Å². The van der Waals surface area contributed by atoms with Gasteiger partial charge in [-0.05, 0) is 48.9 Å². The Labute approximate surface area is 273 Å². The molecule has 228 valence electrons. The number of carbonyl (C=O) groups is 3. The van der Waals surface area contributed by atoms with E-state index in [-0.39, 0.29) is 18.2 Å². The number of benzene rings is 3. The topological polar surface area (TPSA) is 85.9 Å². The number of rotatable bonds is 6. The van der Waals surface area contributed by atoms with Crippen molar-refractivity contribution in [3.8, 4) is 0 Å². The van der Waals surface area contributed by atoms with Crippen LogP contribution in [0.3, 0.4) is 0 Å². The Morgan fingerprint density at radius 1 is 1.02 bits per heavy atom. The summed E-state index contributed by atoms with van der Waals surface area (Å²) in [4.78, 5) is 50.9. The van der Waals surface area contributed by atoms with Crippen LogP contribution in [0.25, 0.3) is 10.9 Å². The first kappa shape index (κ1) is 30.6. The number of methoxy groups -OCH3 is 1. The smallest absolute Gasteiger partial charge is 0.409 e. The van der Waals surface area contributed by atoms with Gasteiger partial charge >= 0.3 is 6.09 Å². The Morgan fingerprint density at radius 2 is 1.70 bits per heavy atom. The summed E-state index contributed by atoms with van der Waals surface area (Å²) in [5.41, 5.74) is 3.77. The van der Waals surface area contributed by atoms with Gasteiger partial charge in [0.15, 0.2) is 0 Å². The number of ether oxygens (including phenoxy) is 1. The first-order chi connectivity index (χ1) is 21.2. The highest BCUT2D eigenvalue weighted by atomic mass is 79.9. The van der Waals surface area contributed by atoms with E-state index < -0.39 is 16.9 Å². The van der Waals surface area contributed by atoms with E-state index in [0.29, 0.717) is 37.7 Å². The molecular weight excluding hydrogens is 664 g/mol. The Morgan fingerprint density at radius 3 is 2.39 bits per heavy atom. The molecule has 11 heteroatoms. The maximum atomic E-state index is 15.0. The van der Waals surface area contributed by atoms with Gasteiger partial charge in [-0.3, -0.25) is 9.59 Å². The summed E-state index contributed by atoms with van der Waals surface area (Å²) in [6.07, 6.45) is 1.53. The van der Waals surface area contributed by atoms with Crippen LogP contribution in [0.15, 0.2) is 82.3 Å². The van der Waals surface area contributed by atoms with Gasteiger partial charge in [-0.25, -0.2) is 4.79 Å². The number of H-pyrrole nitrogens is 1. The Kier molecular flexibility index (Phi) is 8.68. The van der Waals surface area contributed by atoms with Gasteiger partial charge in [-0.1, -0.05) is 63.4 Å². The van der Waals surface area contributed by atoms with E-state index in [2.05, 4.69) is 20.9 Å². The fourth-order valence-electron chi connectivity index (χ4n) is 6.18. The number of thioether (sulfide) groups is 1. The van der Waals surface area contributed by atoms with E-state index in [1.165, 1.54) is 18.9 Å². The number of piperazine rings is 1. The summed E-state index contributed by atoms with van der Waals surface area (Å²) in [5, 5.41) is 1.51. The van der Waals surface area contributed by atoms with Crippen molar-refractivity contribution in [2.45, 2.75) is 35.6 Å². The van der Waals surface area contributed by atoms with Crippen molar-refractivity contribution in [3.05, 3.63) is 99.1 Å². The summed E-state index contributed by atoms with van der Waals surface area (Å²) >= 11 is 11.3. The number of aromatic amines is 1. The van der Waals surface area contributed by atoms with Gasteiger partial charge in [0.1, 0.15) is 4.75 Å². The van der Waals surface area contributed by atoms with Gasteiger partial charge in [-0.2, -0.15) is 0 Å². The lowest BCUT2D eigenvalue weighted by Crippen LogP contribution is -2.57. The number of carbonyl (C=O) groups excluding carboxylic acids is 3. The van der Waals surface area contributed by atoms with Crippen LogP contribution in [-0.4, -0.2) is 75.6 Å². The molecule has 8 nitrogen and oxygen atoms in total. The van der Waals surface area contributed by atoms with Crippen LogP contribution in [0.1, 0.15) is 29.2 Å². The molecule has 0 radical (unpaired) electrons. The molecule has 4 aromatic rings. The van der Waals surface area contributed by atoms with E-state index in [1.807, 2.05) is 84.8 Å². The first-order valence-corrected chi connectivity index (χ1v) is 16.4. The minimum atomic E-state index is -1.18. The molecule has 0 bridgehead atoms. The number of amides is 3. The summed E-state index contributed by atoms with van der Waals surface area (Å²) in [6, 6.07) is 21.0. The molecule has 2 aliphatic rings. The second-order valence-corrected chi connectivity index (χ2v) is 14.0. The SMILES string of the molecule is COC(=O)N1CCN(C(=O)[C@]2(Sc3ccc(C)cc3)CC(=O)N(Cc3ccc(Br)cc3)[C@H]2c2c[nH]c3cc(Cl)ccc23)CC1. The summed E-state index contributed by atoms with van der Waals surface area (Å²) in [7, 11) is 1.36. The predicted octanol–water partition coefficient (Wildman–Crippen LogP) is 6.81. The fraction of sp³-hybridized carbons (Fsp3) is 0.303. The van der Waals surface area contributed by atoms with Crippen LogP contribution in [0.5, 0.6) is 0 Å². The molecule has 6 rings (SSSR count). The maximum absolute atomic E-state index is 15.0. The standard InChI is InChI=1S/C33H32BrClN4O4S/c1-21-3-10-25(11-4-21)44-33(31(41)37-13-15-38(16-14-37)32(42)43-2)18-29(40)39(20-22-5-7-23(34)8-6-22)30(33)27-19-36-28-17-24(35)9-12-26(27)28/h3-12,17,19,30,36H,13-16,18,20H2,1-2H3/t30-,33-/m0/s1. The van der Waals surface area contributed by atoms with Crippen LogP contribution >= 0.6 is 39.3 Å². The molecule has 1 N–H and O–H groups in total. The quantitative estimate of drug-likeness (QED) is 0.240. The zero-order valence-electron chi connectivity index (χ0n) is 24.4. The van der Waals surface area contributed by atoms with Crippen molar-refractivity contribution in [1.29, 1.82) is 0 Å². The molecule has 2 aliphatic heterocycles. The van der Waals surface area contributed by atoms with E-state index >= 15 is 0 Å². The van der Waals surface area contributed by atoms with E-state index in [9.17, 15) is 14.4 Å². The lowest BCUT2D eigenvalue weighted by molar-refractivity contribution is -0.136. The van der Waals surface area contributed by atoms with E-state index in [1.54, 1.807) is 9.80 Å². The van der Waals surface area contributed by atoms with Crippen molar-refractivity contribution in [2.24, 2.45) is 0 Å². The largest absolute Gasteiger partial charge is 0.453 e. The predicted molar refractivity (Wildman–Crippen MR) is 176 cm³/mol. The lowest BCUT2D eigenvalue weighted by atomic mass is 9.90. The molecule has 44 heavy (non-hydrogen) atoms. The molecule has 0 unspecified atom stereocenters. The van der Waals surface area contributed by atoms with Crippen molar-refractivity contribution in [2.75, 3.05) is 33.3 Å².